The van der Waals surface area contributed by atoms with E-state index in [1.807, 2.05) is 0 Å². The molecule has 1 aromatic heterocycles. The van der Waals surface area contributed by atoms with Crippen LogP contribution in [-0.2, 0) is 5.75 Å². The second-order valence-corrected chi connectivity index (χ2v) is 7.17. The van der Waals surface area contributed by atoms with Crippen molar-refractivity contribution in [3.8, 4) is 17.2 Å². The third-order valence-electron chi connectivity index (χ3n) is 2.59. The van der Waals surface area contributed by atoms with Crippen LogP contribution >= 0.6 is 11.8 Å². The van der Waals surface area contributed by atoms with Gasteiger partial charge in [0.05, 0.1) is 18.4 Å². The summed E-state index contributed by atoms with van der Waals surface area (Å²) in [5.41, 5.74) is 7.23. The number of nitrogen functional groups attached to an aromatic ring is 1. The van der Waals surface area contributed by atoms with Crippen LogP contribution in [0.1, 0.15) is 26.6 Å². The molecule has 0 saturated carbocycles. The van der Waals surface area contributed by atoms with Crippen molar-refractivity contribution in [3.63, 3.8) is 0 Å². The molecule has 0 saturated heterocycles. The number of nitrogens with two attached hydrogens (primary N) is 1. The Hall–Kier alpha value is -1.69. The van der Waals surface area contributed by atoms with Gasteiger partial charge in [-0.3, -0.25) is 0 Å². The minimum atomic E-state index is 0.162. The fourth-order valence-corrected chi connectivity index (χ4v) is 2.23. The van der Waals surface area contributed by atoms with Gasteiger partial charge in [0.1, 0.15) is 5.75 Å². The van der Waals surface area contributed by atoms with E-state index in [2.05, 4.69) is 30.9 Å². The molecule has 0 radical (unpaired) electrons. The number of thioether (sulfide) groups is 1. The van der Waals surface area contributed by atoms with Gasteiger partial charge in [-0.15, -0.1) is 11.8 Å². The highest BCUT2D eigenvalue weighted by atomic mass is 32.2. The van der Waals surface area contributed by atoms with E-state index in [1.165, 1.54) is 0 Å². The number of hydrogen-bond acceptors (Lipinski definition) is 6. The molecule has 0 aliphatic heterocycles. The van der Waals surface area contributed by atoms with Gasteiger partial charge in [0.15, 0.2) is 5.82 Å². The van der Waals surface area contributed by atoms with Crippen LogP contribution in [0.2, 0.25) is 0 Å². The number of nitrogens with zero attached hydrogens (tertiary/aromatic N) is 2. The number of anilines is 1. The normalized spacial score (nSPS) is 11.6. The average Bonchev–Trinajstić information content (AvgIpc) is 2.85. The molecule has 0 atom stereocenters. The molecule has 0 unspecified atom stereocenters. The Morgan fingerprint density at radius 2 is 2.10 bits per heavy atom. The second kappa shape index (κ2) is 5.75. The van der Waals surface area contributed by atoms with Crippen molar-refractivity contribution in [3.05, 3.63) is 24.0 Å². The van der Waals surface area contributed by atoms with Gasteiger partial charge in [-0.2, -0.15) is 4.98 Å². The van der Waals surface area contributed by atoms with E-state index >= 15 is 0 Å². The van der Waals surface area contributed by atoms with E-state index in [4.69, 9.17) is 15.0 Å². The van der Waals surface area contributed by atoms with E-state index in [1.54, 1.807) is 37.1 Å². The highest BCUT2D eigenvalue weighted by molar-refractivity contribution is 7.99. The smallest absolute Gasteiger partial charge is 0.260 e. The van der Waals surface area contributed by atoms with Crippen molar-refractivity contribution < 1.29 is 9.26 Å². The minimum Gasteiger partial charge on any atom is -0.497 e. The number of rotatable bonds is 4. The molecule has 5 nitrogen and oxygen atoms in total. The van der Waals surface area contributed by atoms with Gasteiger partial charge in [-0.05, 0) is 18.2 Å². The Kier molecular flexibility index (Phi) is 4.23. The Morgan fingerprint density at radius 3 is 2.75 bits per heavy atom. The highest BCUT2D eigenvalue weighted by Gasteiger charge is 2.16. The number of hydrogen-bond donors (Lipinski definition) is 1. The molecule has 108 valence electrons. The largest absolute Gasteiger partial charge is 0.497 e. The third kappa shape index (κ3) is 3.66. The van der Waals surface area contributed by atoms with Crippen LogP contribution in [0.25, 0.3) is 11.5 Å². The Balaban J connectivity index is 2.20. The molecule has 0 spiro atoms. The van der Waals surface area contributed by atoms with Gasteiger partial charge in [-0.1, -0.05) is 25.9 Å². The maximum absolute atomic E-state index is 5.94. The first-order chi connectivity index (χ1) is 9.39. The summed E-state index contributed by atoms with van der Waals surface area (Å²) in [6, 6.07) is 5.36. The number of methoxy groups -OCH3 is 1. The summed E-state index contributed by atoms with van der Waals surface area (Å²) in [7, 11) is 1.61. The van der Waals surface area contributed by atoms with Crippen molar-refractivity contribution in [2.75, 3.05) is 12.8 Å². The van der Waals surface area contributed by atoms with Crippen molar-refractivity contribution in [2.45, 2.75) is 31.3 Å². The SMILES string of the molecule is COc1ccc(N)c(-c2nc(CSC(C)(C)C)no2)c1. The lowest BCUT2D eigenvalue weighted by molar-refractivity contribution is 0.412. The molecule has 2 aromatic rings. The number of aromatic nitrogens is 2. The summed E-state index contributed by atoms with van der Waals surface area (Å²) < 4.78 is 10.6. The molecule has 1 aromatic carbocycles. The molecule has 0 aliphatic carbocycles. The zero-order valence-electron chi connectivity index (χ0n) is 12.1. The second-order valence-electron chi connectivity index (χ2n) is 5.37. The van der Waals surface area contributed by atoms with Crippen molar-refractivity contribution in [2.24, 2.45) is 0 Å². The summed E-state index contributed by atoms with van der Waals surface area (Å²) in [4.78, 5) is 4.39. The maximum Gasteiger partial charge on any atom is 0.260 e. The summed E-state index contributed by atoms with van der Waals surface area (Å²) in [6.07, 6.45) is 0. The molecule has 0 amide bonds. The topological polar surface area (TPSA) is 74.2 Å². The minimum absolute atomic E-state index is 0.162. The number of ether oxygens (including phenoxy) is 1. The van der Waals surface area contributed by atoms with Crippen LogP contribution in [0.3, 0.4) is 0 Å². The van der Waals surface area contributed by atoms with Gasteiger partial charge in [0.2, 0.25) is 0 Å². The molecular formula is C14H19N3O2S. The van der Waals surface area contributed by atoms with Gasteiger partial charge in [0, 0.05) is 10.4 Å². The zero-order valence-corrected chi connectivity index (χ0v) is 13.0. The fourth-order valence-electron chi connectivity index (χ4n) is 1.55. The van der Waals surface area contributed by atoms with Crippen LogP contribution < -0.4 is 10.5 Å². The van der Waals surface area contributed by atoms with Crippen molar-refractivity contribution in [1.29, 1.82) is 0 Å². The first kappa shape index (κ1) is 14.7. The van der Waals surface area contributed by atoms with E-state index < -0.39 is 0 Å². The lowest BCUT2D eigenvalue weighted by atomic mass is 10.1. The third-order valence-corrected chi connectivity index (χ3v) is 3.86. The summed E-state index contributed by atoms with van der Waals surface area (Å²) in [5.74, 6) is 2.50. The Bertz CT molecular complexity index is 590. The summed E-state index contributed by atoms with van der Waals surface area (Å²) >= 11 is 1.77. The van der Waals surface area contributed by atoms with Gasteiger partial charge in [0.25, 0.3) is 5.89 Å². The van der Waals surface area contributed by atoms with E-state index in [0.29, 0.717) is 34.5 Å². The quantitative estimate of drug-likeness (QED) is 0.871. The molecular weight excluding hydrogens is 274 g/mol. The monoisotopic (exact) mass is 293 g/mol. The molecule has 2 rings (SSSR count). The Morgan fingerprint density at radius 1 is 1.35 bits per heavy atom. The van der Waals surface area contributed by atoms with Crippen LogP contribution in [-0.4, -0.2) is 22.0 Å². The molecule has 0 bridgehead atoms. The van der Waals surface area contributed by atoms with Gasteiger partial charge >= 0.3 is 0 Å². The van der Waals surface area contributed by atoms with Gasteiger partial charge < -0.3 is 15.0 Å². The standard InChI is InChI=1S/C14H19N3O2S/c1-14(2,3)20-8-12-16-13(19-17-12)10-7-9(18-4)5-6-11(10)15/h5-7H,8,15H2,1-4H3. The predicted octanol–water partition coefficient (Wildman–Crippen LogP) is 3.36. The van der Waals surface area contributed by atoms with Crippen LogP contribution in [0, 0.1) is 0 Å². The maximum atomic E-state index is 5.94. The molecule has 20 heavy (non-hydrogen) atoms. The first-order valence-corrected chi connectivity index (χ1v) is 7.28. The average molecular weight is 293 g/mol. The van der Waals surface area contributed by atoms with Gasteiger partial charge in [-0.25, -0.2) is 0 Å². The lowest BCUT2D eigenvalue weighted by Crippen LogP contribution is -2.07. The molecule has 2 N–H and O–H groups in total. The Labute approximate surface area is 122 Å². The van der Waals surface area contributed by atoms with Crippen molar-refractivity contribution >= 4 is 17.4 Å². The van der Waals surface area contributed by atoms with Crippen LogP contribution in [0.15, 0.2) is 22.7 Å². The summed E-state index contributed by atoms with van der Waals surface area (Å²) in [6.45, 7) is 6.45. The fraction of sp³-hybridized carbons (Fsp3) is 0.429. The van der Waals surface area contributed by atoms with E-state index in [0.717, 1.165) is 0 Å². The molecule has 0 fully saturated rings. The molecule has 6 heteroatoms. The van der Waals surface area contributed by atoms with E-state index in [-0.39, 0.29) is 4.75 Å². The lowest BCUT2D eigenvalue weighted by Gasteiger charge is -2.15. The van der Waals surface area contributed by atoms with Crippen LogP contribution in [0.5, 0.6) is 5.75 Å². The van der Waals surface area contributed by atoms with E-state index in [9.17, 15) is 0 Å². The highest BCUT2D eigenvalue weighted by Crippen LogP contribution is 2.30. The predicted molar refractivity (Wildman–Crippen MR) is 81.7 cm³/mol. The summed E-state index contributed by atoms with van der Waals surface area (Å²) in [5, 5.41) is 3.99. The number of benzene rings is 1. The molecule has 0 aliphatic rings. The molecule has 1 heterocycles. The van der Waals surface area contributed by atoms with Crippen molar-refractivity contribution in [1.82, 2.24) is 10.1 Å². The first-order valence-electron chi connectivity index (χ1n) is 6.29. The van der Waals surface area contributed by atoms with Crippen LogP contribution in [0.4, 0.5) is 5.69 Å². The zero-order chi connectivity index (χ0) is 14.8.